The van der Waals surface area contributed by atoms with Crippen molar-refractivity contribution in [3.63, 3.8) is 0 Å². The van der Waals surface area contributed by atoms with Gasteiger partial charge in [-0.15, -0.1) is 0 Å². The first-order valence-corrected chi connectivity index (χ1v) is 11.2. The number of carbonyl (C=O) groups is 1. The van der Waals surface area contributed by atoms with Crippen molar-refractivity contribution in [1.29, 1.82) is 0 Å². The van der Waals surface area contributed by atoms with Gasteiger partial charge in [-0.1, -0.05) is 13.8 Å². The second-order valence-electron chi connectivity index (χ2n) is 9.88. The highest BCUT2D eigenvalue weighted by molar-refractivity contribution is 5.94. The molecule has 8 heteroatoms. The van der Waals surface area contributed by atoms with Crippen molar-refractivity contribution in [2.24, 2.45) is 11.3 Å². The fourth-order valence-corrected chi connectivity index (χ4v) is 4.99. The van der Waals surface area contributed by atoms with Gasteiger partial charge in [0, 0.05) is 36.8 Å². The van der Waals surface area contributed by atoms with E-state index in [2.05, 4.69) is 41.0 Å². The van der Waals surface area contributed by atoms with E-state index < -0.39 is 11.7 Å². The number of anilines is 1. The molecule has 1 aromatic heterocycles. The van der Waals surface area contributed by atoms with E-state index in [4.69, 9.17) is 0 Å². The molecule has 0 unspecified atom stereocenters. The average molecular weight is 449 g/mol. The topological polar surface area (TPSA) is 48.5 Å². The van der Waals surface area contributed by atoms with Gasteiger partial charge >= 0.3 is 6.18 Å². The predicted molar refractivity (Wildman–Crippen MR) is 120 cm³/mol. The van der Waals surface area contributed by atoms with Crippen LogP contribution in [-0.2, 0) is 11.0 Å². The van der Waals surface area contributed by atoms with Crippen molar-refractivity contribution in [2.45, 2.75) is 45.3 Å². The number of hydrogen-bond donors (Lipinski definition) is 1. The van der Waals surface area contributed by atoms with Gasteiger partial charge in [-0.2, -0.15) is 13.2 Å². The lowest BCUT2D eigenvalue weighted by atomic mass is 9.77. The minimum atomic E-state index is -4.45. The molecule has 1 N–H and O–H groups in total. The summed E-state index contributed by atoms with van der Waals surface area (Å²) >= 11 is 0. The number of nitrogens with one attached hydrogen (secondary N) is 1. The van der Waals surface area contributed by atoms with Gasteiger partial charge in [0.05, 0.1) is 17.1 Å². The number of benzene rings is 1. The zero-order chi connectivity index (χ0) is 23.1. The van der Waals surface area contributed by atoms with Crippen molar-refractivity contribution < 1.29 is 18.0 Å². The molecule has 0 aliphatic carbocycles. The number of likely N-dealkylation sites (tertiary alicyclic amines) is 1. The summed E-state index contributed by atoms with van der Waals surface area (Å²) in [7, 11) is 2.11. The second-order valence-corrected chi connectivity index (χ2v) is 9.88. The van der Waals surface area contributed by atoms with Gasteiger partial charge in [-0.05, 0) is 68.6 Å². The number of rotatable bonds is 4. The SMILES string of the molecule is C[C@@H]1CN(c2ccc(C(F)(F)F)c3ncccc23)C[C@@H]1NC(=O)CC1(C)CCN(C)CC1. The minimum Gasteiger partial charge on any atom is -0.369 e. The lowest BCUT2D eigenvalue weighted by molar-refractivity contribution is -0.136. The predicted octanol–water partition coefficient (Wildman–Crippen LogP) is 4.32. The van der Waals surface area contributed by atoms with Crippen LogP contribution in [0.4, 0.5) is 18.9 Å². The van der Waals surface area contributed by atoms with Gasteiger partial charge in [-0.25, -0.2) is 0 Å². The molecular formula is C24H31F3N4O. The van der Waals surface area contributed by atoms with Crippen molar-refractivity contribution in [3.8, 4) is 0 Å². The molecule has 4 rings (SSSR count). The summed E-state index contributed by atoms with van der Waals surface area (Å²) in [4.78, 5) is 21.2. The molecule has 0 bridgehead atoms. The lowest BCUT2D eigenvalue weighted by Crippen LogP contribution is -2.44. The Kier molecular flexibility index (Phi) is 6.09. The van der Waals surface area contributed by atoms with E-state index >= 15 is 0 Å². The molecule has 174 valence electrons. The molecule has 1 aromatic carbocycles. The summed E-state index contributed by atoms with van der Waals surface area (Å²) in [6.45, 7) is 7.51. The Balaban J connectivity index is 1.48. The van der Waals surface area contributed by atoms with Gasteiger partial charge in [-0.3, -0.25) is 9.78 Å². The fraction of sp³-hybridized carbons (Fsp3) is 0.583. The van der Waals surface area contributed by atoms with Crippen LogP contribution >= 0.6 is 0 Å². The average Bonchev–Trinajstić information content (AvgIpc) is 3.08. The summed E-state index contributed by atoms with van der Waals surface area (Å²) in [5, 5.41) is 3.69. The largest absolute Gasteiger partial charge is 0.418 e. The molecule has 2 aromatic rings. The Morgan fingerprint density at radius 3 is 2.62 bits per heavy atom. The Labute approximate surface area is 187 Å². The monoisotopic (exact) mass is 448 g/mol. The molecule has 32 heavy (non-hydrogen) atoms. The maximum Gasteiger partial charge on any atom is 0.418 e. The van der Waals surface area contributed by atoms with E-state index in [0.29, 0.717) is 24.9 Å². The van der Waals surface area contributed by atoms with Crippen LogP contribution in [0.15, 0.2) is 30.5 Å². The number of halogens is 3. The number of alkyl halides is 3. The van der Waals surface area contributed by atoms with E-state index in [9.17, 15) is 18.0 Å². The number of nitrogens with zero attached hydrogens (tertiary/aromatic N) is 3. The quantitative estimate of drug-likeness (QED) is 0.757. The van der Waals surface area contributed by atoms with E-state index in [1.54, 1.807) is 12.1 Å². The standard InChI is InChI=1S/C24H31F3N4O/c1-16-14-31(15-19(16)29-21(32)13-23(2)8-11-30(3)12-9-23)20-7-6-18(24(25,26)27)22-17(20)5-4-10-28-22/h4-7,10,16,19H,8-9,11-15H2,1-3H3,(H,29,32)/t16-,19+/m1/s1. The van der Waals surface area contributed by atoms with E-state index in [1.165, 1.54) is 12.3 Å². The summed E-state index contributed by atoms with van der Waals surface area (Å²) in [6.07, 6.45) is -0.538. The second kappa shape index (κ2) is 8.54. The Morgan fingerprint density at radius 1 is 1.22 bits per heavy atom. The molecule has 2 saturated heterocycles. The maximum atomic E-state index is 13.4. The molecule has 1 amide bonds. The van der Waals surface area contributed by atoms with Crippen LogP contribution in [0.2, 0.25) is 0 Å². The summed E-state index contributed by atoms with van der Waals surface area (Å²) in [5.41, 5.74) is -0.00641. The molecule has 5 nitrogen and oxygen atoms in total. The molecule has 0 radical (unpaired) electrons. The number of aromatic nitrogens is 1. The van der Waals surface area contributed by atoms with Crippen LogP contribution in [0.1, 0.15) is 38.7 Å². The number of pyridine rings is 1. The van der Waals surface area contributed by atoms with E-state index in [0.717, 1.165) is 37.7 Å². The first-order chi connectivity index (χ1) is 15.1. The molecule has 0 saturated carbocycles. The Morgan fingerprint density at radius 2 is 1.94 bits per heavy atom. The third kappa shape index (κ3) is 4.70. The molecular weight excluding hydrogens is 417 g/mol. The molecule has 2 atom stereocenters. The van der Waals surface area contributed by atoms with Gasteiger partial charge in [0.25, 0.3) is 0 Å². The summed E-state index contributed by atoms with van der Waals surface area (Å²) < 4.78 is 40.3. The zero-order valence-electron chi connectivity index (χ0n) is 18.9. The normalized spacial score (nSPS) is 24.1. The van der Waals surface area contributed by atoms with Crippen LogP contribution in [0, 0.1) is 11.3 Å². The zero-order valence-corrected chi connectivity index (χ0v) is 18.9. The number of fused-ring (bicyclic) bond motifs is 1. The molecule has 3 heterocycles. The van der Waals surface area contributed by atoms with E-state index in [-0.39, 0.29) is 28.8 Å². The highest BCUT2D eigenvalue weighted by atomic mass is 19.4. The van der Waals surface area contributed by atoms with Gasteiger partial charge in [0.15, 0.2) is 0 Å². The molecule has 2 aliphatic heterocycles. The lowest BCUT2D eigenvalue weighted by Gasteiger charge is -2.37. The van der Waals surface area contributed by atoms with Gasteiger partial charge < -0.3 is 15.1 Å². The van der Waals surface area contributed by atoms with Crippen molar-refractivity contribution in [3.05, 3.63) is 36.0 Å². The number of piperidine rings is 1. The van der Waals surface area contributed by atoms with Crippen LogP contribution in [0.3, 0.4) is 0 Å². The summed E-state index contributed by atoms with van der Waals surface area (Å²) in [6, 6.07) is 5.95. The maximum absolute atomic E-state index is 13.4. The minimum absolute atomic E-state index is 0.0213. The highest BCUT2D eigenvalue weighted by Gasteiger charge is 2.37. The fourth-order valence-electron chi connectivity index (χ4n) is 4.99. The van der Waals surface area contributed by atoms with Gasteiger partial charge in [0.1, 0.15) is 0 Å². The van der Waals surface area contributed by atoms with Crippen molar-refractivity contribution >= 4 is 22.5 Å². The highest BCUT2D eigenvalue weighted by Crippen LogP contribution is 2.39. The molecule has 0 spiro atoms. The van der Waals surface area contributed by atoms with Crippen LogP contribution in [-0.4, -0.2) is 55.1 Å². The van der Waals surface area contributed by atoms with Gasteiger partial charge in [0.2, 0.25) is 5.91 Å². The van der Waals surface area contributed by atoms with Crippen LogP contribution < -0.4 is 10.2 Å². The number of amides is 1. The third-order valence-corrected chi connectivity index (χ3v) is 7.13. The number of carbonyl (C=O) groups excluding carboxylic acids is 1. The van der Waals surface area contributed by atoms with E-state index in [1.807, 2.05) is 0 Å². The molecule has 2 aliphatic rings. The summed E-state index contributed by atoms with van der Waals surface area (Å²) in [5.74, 6) is 0.257. The molecule has 2 fully saturated rings. The van der Waals surface area contributed by atoms with Crippen molar-refractivity contribution in [1.82, 2.24) is 15.2 Å². The Hall–Kier alpha value is -2.35. The first-order valence-electron chi connectivity index (χ1n) is 11.2. The van der Waals surface area contributed by atoms with Crippen LogP contribution in [0.25, 0.3) is 10.9 Å². The third-order valence-electron chi connectivity index (χ3n) is 7.13. The van der Waals surface area contributed by atoms with Crippen LogP contribution in [0.5, 0.6) is 0 Å². The van der Waals surface area contributed by atoms with Crippen molar-refractivity contribution in [2.75, 3.05) is 38.1 Å². The smallest absolute Gasteiger partial charge is 0.369 e. The first kappa shape index (κ1) is 22.8. The Bertz CT molecular complexity index is 985. The number of hydrogen-bond acceptors (Lipinski definition) is 4.